The molecular weight excluding hydrogens is 364 g/mol. The summed E-state index contributed by atoms with van der Waals surface area (Å²) in [5, 5.41) is 0. The van der Waals surface area contributed by atoms with Gasteiger partial charge in [0.25, 0.3) is 0 Å². The van der Waals surface area contributed by atoms with Crippen LogP contribution >= 0.6 is 27.3 Å². The zero-order valence-electron chi connectivity index (χ0n) is 11.8. The number of sulfonamides is 1. The predicted octanol–water partition coefficient (Wildman–Crippen LogP) is 2.15. The van der Waals surface area contributed by atoms with Crippen molar-refractivity contribution in [3.05, 3.63) is 15.9 Å². The molecule has 0 bridgehead atoms. The van der Waals surface area contributed by atoms with Crippen molar-refractivity contribution in [1.82, 2.24) is 9.62 Å². The standard InChI is InChI=1S/C12H21BrN2O3S2/c1-3-15(4-2)8-10-18-9-7-14-20(16,17)12-6-5-11(13)19-12/h5-6,14H,3-4,7-10H2,1-2H3. The second kappa shape index (κ2) is 9.11. The van der Waals surface area contributed by atoms with E-state index in [-0.39, 0.29) is 6.54 Å². The molecular formula is C12H21BrN2O3S2. The van der Waals surface area contributed by atoms with Gasteiger partial charge in [-0.1, -0.05) is 13.8 Å². The summed E-state index contributed by atoms with van der Waals surface area (Å²) in [7, 11) is -3.40. The number of rotatable bonds is 10. The van der Waals surface area contributed by atoms with E-state index in [1.807, 2.05) is 0 Å². The third kappa shape index (κ3) is 6.19. The number of thiophene rings is 1. The number of hydrogen-bond donors (Lipinski definition) is 1. The van der Waals surface area contributed by atoms with E-state index in [0.29, 0.717) is 17.4 Å². The lowest BCUT2D eigenvalue weighted by Gasteiger charge is -2.17. The van der Waals surface area contributed by atoms with Crippen molar-refractivity contribution in [2.24, 2.45) is 0 Å². The Balaban J connectivity index is 2.21. The first-order valence-electron chi connectivity index (χ1n) is 6.54. The summed E-state index contributed by atoms with van der Waals surface area (Å²) >= 11 is 4.44. The lowest BCUT2D eigenvalue weighted by Crippen LogP contribution is -2.30. The van der Waals surface area contributed by atoms with E-state index < -0.39 is 10.0 Å². The number of hydrogen-bond acceptors (Lipinski definition) is 5. The number of halogens is 1. The molecule has 1 aromatic heterocycles. The average Bonchev–Trinajstić information content (AvgIpc) is 2.85. The molecule has 0 spiro atoms. The highest BCUT2D eigenvalue weighted by Gasteiger charge is 2.15. The predicted molar refractivity (Wildman–Crippen MR) is 85.8 cm³/mol. The Hall–Kier alpha value is 0.01000. The fourth-order valence-electron chi connectivity index (χ4n) is 1.60. The minimum Gasteiger partial charge on any atom is -0.379 e. The summed E-state index contributed by atoms with van der Waals surface area (Å²) in [4.78, 5) is 2.26. The Kier molecular flexibility index (Phi) is 8.23. The molecule has 0 radical (unpaired) electrons. The van der Waals surface area contributed by atoms with Gasteiger partial charge in [0.1, 0.15) is 4.21 Å². The Labute approximate surface area is 133 Å². The van der Waals surface area contributed by atoms with E-state index in [2.05, 4.69) is 39.4 Å². The molecule has 5 nitrogen and oxygen atoms in total. The molecule has 1 N–H and O–H groups in total. The minimum absolute atomic E-state index is 0.288. The van der Waals surface area contributed by atoms with Gasteiger partial charge in [-0.15, -0.1) is 11.3 Å². The van der Waals surface area contributed by atoms with Crippen LogP contribution in [0.25, 0.3) is 0 Å². The van der Waals surface area contributed by atoms with E-state index >= 15 is 0 Å². The van der Waals surface area contributed by atoms with Gasteiger partial charge in [0.2, 0.25) is 10.0 Å². The lowest BCUT2D eigenvalue weighted by molar-refractivity contribution is 0.111. The van der Waals surface area contributed by atoms with Crippen LogP contribution in [0.1, 0.15) is 13.8 Å². The van der Waals surface area contributed by atoms with Gasteiger partial charge in [0.15, 0.2) is 0 Å². The van der Waals surface area contributed by atoms with E-state index in [1.165, 1.54) is 11.3 Å². The number of ether oxygens (including phenoxy) is 1. The van der Waals surface area contributed by atoms with Gasteiger partial charge < -0.3 is 9.64 Å². The second-order valence-electron chi connectivity index (χ2n) is 4.10. The Morgan fingerprint density at radius 3 is 2.55 bits per heavy atom. The Bertz CT molecular complexity index is 487. The molecule has 0 unspecified atom stereocenters. The van der Waals surface area contributed by atoms with Crippen LogP contribution in [-0.4, -0.2) is 52.7 Å². The second-order valence-corrected chi connectivity index (χ2v) is 8.55. The largest absolute Gasteiger partial charge is 0.379 e. The topological polar surface area (TPSA) is 58.6 Å². The third-order valence-corrected chi connectivity index (χ3v) is 6.37. The van der Waals surface area contributed by atoms with E-state index in [4.69, 9.17) is 4.74 Å². The normalized spacial score (nSPS) is 12.2. The zero-order valence-corrected chi connectivity index (χ0v) is 15.0. The molecule has 0 fully saturated rings. The summed E-state index contributed by atoms with van der Waals surface area (Å²) in [6.45, 7) is 8.38. The van der Waals surface area contributed by atoms with E-state index in [1.54, 1.807) is 12.1 Å². The Morgan fingerprint density at radius 2 is 2.00 bits per heavy atom. The van der Waals surface area contributed by atoms with Gasteiger partial charge in [0, 0.05) is 13.1 Å². The number of nitrogens with zero attached hydrogens (tertiary/aromatic N) is 1. The van der Waals surface area contributed by atoms with Crippen molar-refractivity contribution in [3.8, 4) is 0 Å². The van der Waals surface area contributed by atoms with Crippen LogP contribution in [0.15, 0.2) is 20.1 Å². The maximum Gasteiger partial charge on any atom is 0.250 e. The van der Waals surface area contributed by atoms with Crippen LogP contribution in [0.3, 0.4) is 0 Å². The van der Waals surface area contributed by atoms with Crippen molar-refractivity contribution >= 4 is 37.3 Å². The van der Waals surface area contributed by atoms with Crippen molar-refractivity contribution in [2.75, 3.05) is 39.4 Å². The summed E-state index contributed by atoms with van der Waals surface area (Å²) in [6, 6.07) is 3.30. The fraction of sp³-hybridized carbons (Fsp3) is 0.667. The van der Waals surface area contributed by atoms with Gasteiger partial charge in [-0.3, -0.25) is 0 Å². The lowest BCUT2D eigenvalue weighted by atomic mass is 10.5. The summed E-state index contributed by atoms with van der Waals surface area (Å²) < 4.78 is 32.9. The summed E-state index contributed by atoms with van der Waals surface area (Å²) in [5.41, 5.74) is 0. The molecule has 0 saturated heterocycles. The van der Waals surface area contributed by atoms with Gasteiger partial charge in [-0.25, -0.2) is 13.1 Å². The first kappa shape index (κ1) is 18.1. The van der Waals surface area contributed by atoms with Crippen molar-refractivity contribution in [1.29, 1.82) is 0 Å². The monoisotopic (exact) mass is 384 g/mol. The van der Waals surface area contributed by atoms with Crippen molar-refractivity contribution in [2.45, 2.75) is 18.1 Å². The summed E-state index contributed by atoms with van der Waals surface area (Å²) in [6.07, 6.45) is 0. The smallest absolute Gasteiger partial charge is 0.250 e. The average molecular weight is 385 g/mol. The SMILES string of the molecule is CCN(CC)CCOCCNS(=O)(=O)c1ccc(Br)s1. The van der Waals surface area contributed by atoms with E-state index in [0.717, 1.165) is 23.4 Å². The Morgan fingerprint density at radius 1 is 1.30 bits per heavy atom. The van der Waals surface area contributed by atoms with E-state index in [9.17, 15) is 8.42 Å². The van der Waals surface area contributed by atoms with Crippen molar-refractivity contribution < 1.29 is 13.2 Å². The quantitative estimate of drug-likeness (QED) is 0.627. The highest BCUT2D eigenvalue weighted by atomic mass is 79.9. The first-order chi connectivity index (χ1) is 9.49. The molecule has 116 valence electrons. The maximum absolute atomic E-state index is 11.9. The van der Waals surface area contributed by atoms with Crippen molar-refractivity contribution in [3.63, 3.8) is 0 Å². The van der Waals surface area contributed by atoms with Crippen LogP contribution in [0.2, 0.25) is 0 Å². The van der Waals surface area contributed by atoms with Gasteiger partial charge in [0.05, 0.1) is 17.0 Å². The van der Waals surface area contributed by atoms with Gasteiger partial charge >= 0.3 is 0 Å². The molecule has 0 aromatic carbocycles. The van der Waals surface area contributed by atoms with Crippen LogP contribution in [0.5, 0.6) is 0 Å². The molecule has 0 saturated carbocycles. The molecule has 1 aromatic rings. The molecule has 0 atom stereocenters. The van der Waals surface area contributed by atoms with Crippen LogP contribution in [0.4, 0.5) is 0 Å². The highest BCUT2D eigenvalue weighted by Crippen LogP contribution is 2.25. The van der Waals surface area contributed by atoms with Gasteiger partial charge in [-0.05, 0) is 41.2 Å². The maximum atomic E-state index is 11.9. The number of likely N-dealkylation sites (N-methyl/N-ethyl adjacent to an activating group) is 1. The molecule has 8 heteroatoms. The van der Waals surface area contributed by atoms with Gasteiger partial charge in [-0.2, -0.15) is 0 Å². The molecule has 1 rings (SSSR count). The fourth-order valence-corrected chi connectivity index (χ4v) is 4.66. The molecule has 0 aliphatic carbocycles. The number of nitrogens with one attached hydrogen (secondary N) is 1. The zero-order chi connectivity index (χ0) is 15.0. The molecule has 20 heavy (non-hydrogen) atoms. The molecule has 0 aliphatic heterocycles. The van der Waals surface area contributed by atoms with Crippen LogP contribution in [0, 0.1) is 0 Å². The molecule has 0 aliphatic rings. The van der Waals surface area contributed by atoms with Crippen LogP contribution in [-0.2, 0) is 14.8 Å². The molecule has 1 heterocycles. The van der Waals surface area contributed by atoms with Crippen LogP contribution < -0.4 is 4.72 Å². The summed E-state index contributed by atoms with van der Waals surface area (Å²) in [5.74, 6) is 0. The molecule has 0 amide bonds. The first-order valence-corrected chi connectivity index (χ1v) is 9.64. The third-order valence-electron chi connectivity index (χ3n) is 2.80. The minimum atomic E-state index is -3.40. The highest BCUT2D eigenvalue weighted by molar-refractivity contribution is 9.11.